The van der Waals surface area contributed by atoms with Gasteiger partial charge in [0.25, 0.3) is 5.82 Å². The highest BCUT2D eigenvalue weighted by molar-refractivity contribution is 5.69. The summed E-state index contributed by atoms with van der Waals surface area (Å²) in [6.45, 7) is 3.33. The van der Waals surface area contributed by atoms with E-state index in [0.717, 1.165) is 19.4 Å². The minimum Gasteiger partial charge on any atom is -1.00 e. The second-order valence-corrected chi connectivity index (χ2v) is 8.23. The van der Waals surface area contributed by atoms with Crippen LogP contribution in [0.15, 0.2) is 85.1 Å². The van der Waals surface area contributed by atoms with Gasteiger partial charge in [0, 0.05) is 12.0 Å². The van der Waals surface area contributed by atoms with Gasteiger partial charge >= 0.3 is 0 Å². The van der Waals surface area contributed by atoms with Crippen LogP contribution in [-0.4, -0.2) is 4.57 Å². The number of rotatable bonds is 4. The van der Waals surface area contributed by atoms with Crippen molar-refractivity contribution in [1.29, 1.82) is 0 Å². The van der Waals surface area contributed by atoms with Crippen LogP contribution >= 0.6 is 0 Å². The van der Waals surface area contributed by atoms with Crippen LogP contribution in [0, 0.1) is 0 Å². The van der Waals surface area contributed by atoms with Crippen LogP contribution in [0.4, 0.5) is 0 Å². The number of imidazole rings is 1. The zero-order valence-electron chi connectivity index (χ0n) is 18.1. The molecule has 0 aliphatic carbocycles. The molecule has 2 heterocycles. The average Bonchev–Trinajstić information content (AvgIpc) is 3.02. The third kappa shape index (κ3) is 4.38. The first kappa shape index (κ1) is 21.6. The molecule has 2 nitrogen and oxygen atoms in total. The third-order valence-electron chi connectivity index (χ3n) is 6.30. The summed E-state index contributed by atoms with van der Waals surface area (Å²) in [5.41, 5.74) is 7.74. The van der Waals surface area contributed by atoms with Gasteiger partial charge in [0.2, 0.25) is 0 Å². The minimum atomic E-state index is 0. The highest BCUT2D eigenvalue weighted by Crippen LogP contribution is 2.29. The molecule has 5 rings (SSSR count). The highest BCUT2D eigenvalue weighted by atomic mass is 79.9. The minimum absolute atomic E-state index is 0. The second-order valence-electron chi connectivity index (χ2n) is 8.23. The summed E-state index contributed by atoms with van der Waals surface area (Å²) in [6, 6.07) is 28.8. The summed E-state index contributed by atoms with van der Waals surface area (Å²) in [6.07, 6.45) is 8.43. The van der Waals surface area contributed by atoms with Gasteiger partial charge in [0.15, 0.2) is 5.69 Å². The topological polar surface area (TPSA) is 8.81 Å². The molecule has 0 saturated heterocycles. The Labute approximate surface area is 196 Å². The number of aryl methyl sites for hydroxylation is 2. The lowest BCUT2D eigenvalue weighted by molar-refractivity contribution is -0.702. The van der Waals surface area contributed by atoms with Crippen LogP contribution < -0.4 is 21.5 Å². The molecule has 0 bridgehead atoms. The number of aromatic nitrogens is 2. The maximum absolute atomic E-state index is 2.49. The molecular formula is C28H29BrN2. The molecule has 3 heteroatoms. The SMILES string of the molecule is CCc1ccc(-n2c(-c3ccc(-c4ccccc4)cc3)c[n+]3c2CCCCC3)cc1.[Br-]. The van der Waals surface area contributed by atoms with Crippen molar-refractivity contribution in [3.05, 3.63) is 96.4 Å². The van der Waals surface area contributed by atoms with Gasteiger partial charge in [-0.05, 0) is 66.6 Å². The quantitative estimate of drug-likeness (QED) is 0.402. The standard InChI is InChI=1S/C28H29N2.BrH/c1-2-22-12-18-26(19-13-22)30-27(21-29-20-8-4-7-11-28(29)30)25-16-14-24(15-17-25)23-9-5-3-6-10-23;/h3,5-6,9-10,12-19,21H,2,4,7-8,11,20H2,1H3;1H/q+1;/p-1. The first-order valence-electron chi connectivity index (χ1n) is 11.2. The fourth-order valence-electron chi connectivity index (χ4n) is 4.57. The van der Waals surface area contributed by atoms with E-state index in [-0.39, 0.29) is 17.0 Å². The third-order valence-corrected chi connectivity index (χ3v) is 6.30. The molecule has 3 aromatic carbocycles. The number of hydrogen-bond acceptors (Lipinski definition) is 0. The van der Waals surface area contributed by atoms with Crippen LogP contribution in [0.1, 0.15) is 37.6 Å². The Morgan fingerprint density at radius 3 is 2.13 bits per heavy atom. The van der Waals surface area contributed by atoms with Crippen LogP contribution in [0.3, 0.4) is 0 Å². The molecule has 0 saturated carbocycles. The number of hydrogen-bond donors (Lipinski definition) is 0. The Morgan fingerprint density at radius 2 is 1.42 bits per heavy atom. The van der Waals surface area contributed by atoms with Crippen molar-refractivity contribution >= 4 is 0 Å². The zero-order chi connectivity index (χ0) is 20.3. The van der Waals surface area contributed by atoms with Crippen molar-refractivity contribution in [2.24, 2.45) is 0 Å². The Balaban J connectivity index is 0.00000231. The Morgan fingerprint density at radius 1 is 0.742 bits per heavy atom. The molecule has 4 aromatic rings. The van der Waals surface area contributed by atoms with Crippen molar-refractivity contribution in [3.63, 3.8) is 0 Å². The Bertz CT molecular complexity index is 1130. The molecule has 31 heavy (non-hydrogen) atoms. The maximum atomic E-state index is 2.49. The smallest absolute Gasteiger partial charge is 0.262 e. The summed E-state index contributed by atoms with van der Waals surface area (Å²) < 4.78 is 4.98. The molecular weight excluding hydrogens is 444 g/mol. The maximum Gasteiger partial charge on any atom is 0.262 e. The van der Waals surface area contributed by atoms with Gasteiger partial charge in [-0.25, -0.2) is 4.57 Å². The number of halogens is 1. The highest BCUT2D eigenvalue weighted by Gasteiger charge is 2.27. The first-order valence-corrected chi connectivity index (χ1v) is 11.2. The van der Waals surface area contributed by atoms with Crippen LogP contribution in [0.25, 0.3) is 28.1 Å². The molecule has 0 fully saturated rings. The lowest BCUT2D eigenvalue weighted by Gasteiger charge is -2.07. The summed E-state index contributed by atoms with van der Waals surface area (Å²) in [4.78, 5) is 0. The van der Waals surface area contributed by atoms with Gasteiger partial charge in [0.05, 0.1) is 6.54 Å². The van der Waals surface area contributed by atoms with E-state index < -0.39 is 0 Å². The summed E-state index contributed by atoms with van der Waals surface area (Å²) in [7, 11) is 0. The molecule has 0 amide bonds. The van der Waals surface area contributed by atoms with Crippen molar-refractivity contribution in [2.75, 3.05) is 0 Å². The van der Waals surface area contributed by atoms with Gasteiger partial charge in [-0.3, -0.25) is 0 Å². The first-order chi connectivity index (χ1) is 14.8. The average molecular weight is 473 g/mol. The van der Waals surface area contributed by atoms with E-state index >= 15 is 0 Å². The van der Waals surface area contributed by atoms with E-state index in [4.69, 9.17) is 0 Å². The Kier molecular flexibility index (Phi) is 6.72. The van der Waals surface area contributed by atoms with Crippen molar-refractivity contribution < 1.29 is 21.5 Å². The van der Waals surface area contributed by atoms with Crippen LogP contribution in [0.2, 0.25) is 0 Å². The van der Waals surface area contributed by atoms with E-state index in [1.165, 1.54) is 58.7 Å². The van der Waals surface area contributed by atoms with Gasteiger partial charge < -0.3 is 17.0 Å². The van der Waals surface area contributed by atoms with Crippen molar-refractivity contribution in [3.8, 4) is 28.1 Å². The number of benzene rings is 3. The molecule has 1 aromatic heterocycles. The van der Waals surface area contributed by atoms with Gasteiger partial charge in [-0.2, -0.15) is 4.57 Å². The van der Waals surface area contributed by atoms with E-state index in [0.29, 0.717) is 0 Å². The van der Waals surface area contributed by atoms with Crippen LogP contribution in [0.5, 0.6) is 0 Å². The van der Waals surface area contributed by atoms with Crippen molar-refractivity contribution in [1.82, 2.24) is 4.57 Å². The molecule has 0 spiro atoms. The molecule has 0 radical (unpaired) electrons. The molecule has 1 aliphatic heterocycles. The summed E-state index contributed by atoms with van der Waals surface area (Å²) in [5.74, 6) is 1.43. The predicted octanol–water partition coefficient (Wildman–Crippen LogP) is 3.39. The van der Waals surface area contributed by atoms with E-state index in [2.05, 4.69) is 101 Å². The van der Waals surface area contributed by atoms with E-state index in [1.807, 2.05) is 0 Å². The Hall–Kier alpha value is -2.65. The summed E-state index contributed by atoms with van der Waals surface area (Å²) >= 11 is 0. The molecule has 158 valence electrons. The molecule has 1 aliphatic rings. The molecule has 0 N–H and O–H groups in total. The lowest BCUT2D eigenvalue weighted by Crippen LogP contribution is -3.00. The predicted molar refractivity (Wildman–Crippen MR) is 124 cm³/mol. The van der Waals surface area contributed by atoms with Gasteiger partial charge in [0.1, 0.15) is 11.9 Å². The van der Waals surface area contributed by atoms with Gasteiger partial charge in [-0.1, -0.05) is 61.5 Å². The fourth-order valence-corrected chi connectivity index (χ4v) is 4.57. The van der Waals surface area contributed by atoms with Gasteiger partial charge in [-0.15, -0.1) is 0 Å². The largest absolute Gasteiger partial charge is 1.00 e. The van der Waals surface area contributed by atoms with E-state index in [1.54, 1.807) is 0 Å². The van der Waals surface area contributed by atoms with Crippen molar-refractivity contribution in [2.45, 2.75) is 45.6 Å². The monoisotopic (exact) mass is 472 g/mol. The lowest BCUT2D eigenvalue weighted by atomic mass is 10.0. The molecule has 0 atom stereocenters. The number of fused-ring (bicyclic) bond motifs is 1. The number of nitrogens with zero attached hydrogens (tertiary/aromatic N) is 2. The van der Waals surface area contributed by atoms with E-state index in [9.17, 15) is 0 Å². The second kappa shape index (κ2) is 9.65. The zero-order valence-corrected chi connectivity index (χ0v) is 19.7. The summed E-state index contributed by atoms with van der Waals surface area (Å²) in [5, 5.41) is 0. The van der Waals surface area contributed by atoms with Crippen LogP contribution in [-0.2, 0) is 19.4 Å². The molecule has 0 unspecified atom stereocenters. The normalized spacial score (nSPS) is 13.2. The fraction of sp³-hybridized carbons (Fsp3) is 0.250.